The van der Waals surface area contributed by atoms with Gasteiger partial charge in [-0.15, -0.1) is 0 Å². The smallest absolute Gasteiger partial charge is 0.295 e. The fourth-order valence-corrected chi connectivity index (χ4v) is 2.04. The van der Waals surface area contributed by atoms with Crippen molar-refractivity contribution in [1.29, 1.82) is 0 Å². The van der Waals surface area contributed by atoms with Crippen molar-refractivity contribution in [3.05, 3.63) is 30.5 Å². The Kier molecular flexibility index (Phi) is 3.52. The Hall–Kier alpha value is -1.17. The third kappa shape index (κ3) is 2.16. The van der Waals surface area contributed by atoms with E-state index >= 15 is 0 Å². The molecule has 0 aliphatic heterocycles. The van der Waals surface area contributed by atoms with E-state index in [4.69, 9.17) is 4.55 Å². The summed E-state index contributed by atoms with van der Waals surface area (Å²) in [5.41, 5.74) is 0.146. The van der Waals surface area contributed by atoms with Gasteiger partial charge in [-0.2, -0.15) is 8.42 Å². The first-order valence-electron chi connectivity index (χ1n) is 4.04. The van der Waals surface area contributed by atoms with Gasteiger partial charge in [-0.25, -0.2) is 0 Å². The second-order valence-electron chi connectivity index (χ2n) is 2.96. The Morgan fingerprint density at radius 1 is 1.19 bits per heavy atom. The Labute approximate surface area is 102 Å². The SMILES string of the molecule is O=S(=O)(O)c1ccc(O)c2ncccc12.[Ni]. The van der Waals surface area contributed by atoms with Crippen molar-refractivity contribution in [3.63, 3.8) is 0 Å². The van der Waals surface area contributed by atoms with Crippen LogP contribution in [0.5, 0.6) is 5.75 Å². The molecule has 0 saturated heterocycles. The number of aromatic nitrogens is 1. The van der Waals surface area contributed by atoms with Crippen LogP contribution in [0.2, 0.25) is 0 Å². The van der Waals surface area contributed by atoms with Crippen molar-refractivity contribution < 1.29 is 34.6 Å². The van der Waals surface area contributed by atoms with Crippen molar-refractivity contribution in [3.8, 4) is 5.75 Å². The minimum absolute atomic E-state index is 0. The van der Waals surface area contributed by atoms with Gasteiger partial charge in [0, 0.05) is 28.1 Å². The molecule has 0 amide bonds. The molecule has 0 bridgehead atoms. The number of nitrogens with zero attached hydrogens (tertiary/aromatic N) is 1. The molecule has 7 heteroatoms. The van der Waals surface area contributed by atoms with E-state index in [0.29, 0.717) is 0 Å². The van der Waals surface area contributed by atoms with Gasteiger partial charge in [0.15, 0.2) is 0 Å². The van der Waals surface area contributed by atoms with Gasteiger partial charge in [0.2, 0.25) is 0 Å². The van der Waals surface area contributed by atoms with E-state index in [9.17, 15) is 13.5 Å². The monoisotopic (exact) mass is 283 g/mol. The van der Waals surface area contributed by atoms with Crippen molar-refractivity contribution in [2.75, 3.05) is 0 Å². The molecule has 5 nitrogen and oxygen atoms in total. The number of aromatic hydroxyl groups is 1. The molecular weight excluding hydrogens is 277 g/mol. The molecule has 16 heavy (non-hydrogen) atoms. The van der Waals surface area contributed by atoms with Crippen LogP contribution in [0.15, 0.2) is 35.4 Å². The Bertz CT molecular complexity index is 626. The molecule has 2 N–H and O–H groups in total. The number of fused-ring (bicyclic) bond motifs is 1. The van der Waals surface area contributed by atoms with Gasteiger partial charge in [-0.1, -0.05) is 0 Å². The van der Waals surface area contributed by atoms with Gasteiger partial charge in [0.05, 0.1) is 0 Å². The molecule has 2 rings (SSSR count). The summed E-state index contributed by atoms with van der Waals surface area (Å²) in [5.74, 6) is -0.127. The second kappa shape index (κ2) is 4.37. The third-order valence-electron chi connectivity index (χ3n) is 1.99. The first kappa shape index (κ1) is 12.9. The van der Waals surface area contributed by atoms with Gasteiger partial charge in [-0.3, -0.25) is 9.54 Å². The van der Waals surface area contributed by atoms with Crippen molar-refractivity contribution >= 4 is 21.0 Å². The van der Waals surface area contributed by atoms with Crippen LogP contribution in [0.4, 0.5) is 0 Å². The maximum absolute atomic E-state index is 11.0. The molecule has 2 aromatic rings. The Morgan fingerprint density at radius 2 is 1.88 bits per heavy atom. The molecule has 0 unspecified atom stereocenters. The van der Waals surface area contributed by atoms with Crippen LogP contribution in [0, 0.1) is 0 Å². The maximum atomic E-state index is 11.0. The molecule has 0 spiro atoms. The van der Waals surface area contributed by atoms with Gasteiger partial charge in [0.25, 0.3) is 10.1 Å². The van der Waals surface area contributed by atoms with E-state index in [1.165, 1.54) is 24.4 Å². The van der Waals surface area contributed by atoms with Crippen molar-refractivity contribution in [2.45, 2.75) is 4.90 Å². The summed E-state index contributed by atoms with van der Waals surface area (Å²) < 4.78 is 30.9. The number of phenolic OH excluding ortho intramolecular Hbond substituents is 1. The molecule has 88 valence electrons. The zero-order valence-electron chi connectivity index (χ0n) is 7.77. The molecule has 1 heterocycles. The van der Waals surface area contributed by atoms with Gasteiger partial charge in [0.1, 0.15) is 16.2 Å². The van der Waals surface area contributed by atoms with Crippen LogP contribution in [0.1, 0.15) is 0 Å². The van der Waals surface area contributed by atoms with Crippen LogP contribution in [-0.2, 0) is 26.6 Å². The van der Waals surface area contributed by atoms with Crippen molar-refractivity contribution in [2.24, 2.45) is 0 Å². The zero-order chi connectivity index (χ0) is 11.1. The Morgan fingerprint density at radius 3 is 2.50 bits per heavy atom. The first-order valence-corrected chi connectivity index (χ1v) is 5.48. The standard InChI is InChI=1S/C9H7NO4S.Ni/c11-7-3-4-8(15(12,13)14)6-2-1-5-10-9(6)7;/h1-5,11H,(H,12,13,14);. The van der Waals surface area contributed by atoms with Crippen LogP contribution >= 0.6 is 0 Å². The molecule has 1 aromatic heterocycles. The van der Waals surface area contributed by atoms with E-state index in [2.05, 4.69) is 4.98 Å². The number of hydrogen-bond acceptors (Lipinski definition) is 4. The van der Waals surface area contributed by atoms with E-state index in [-0.39, 0.29) is 38.0 Å². The van der Waals surface area contributed by atoms with E-state index in [0.717, 1.165) is 6.07 Å². The number of benzene rings is 1. The van der Waals surface area contributed by atoms with Gasteiger partial charge < -0.3 is 5.11 Å². The minimum atomic E-state index is -4.30. The summed E-state index contributed by atoms with van der Waals surface area (Å²) in [6, 6.07) is 5.30. The fourth-order valence-electron chi connectivity index (χ4n) is 1.36. The van der Waals surface area contributed by atoms with Gasteiger partial charge in [-0.05, 0) is 24.3 Å². The number of pyridine rings is 1. The third-order valence-corrected chi connectivity index (χ3v) is 2.90. The second-order valence-corrected chi connectivity index (χ2v) is 4.35. The predicted molar refractivity (Wildman–Crippen MR) is 53.2 cm³/mol. The molecule has 0 fully saturated rings. The maximum Gasteiger partial charge on any atom is 0.295 e. The molecule has 0 aliphatic rings. The molecule has 0 saturated carbocycles. The normalized spacial score (nSPS) is 11.1. The van der Waals surface area contributed by atoms with Gasteiger partial charge >= 0.3 is 0 Å². The molecule has 0 radical (unpaired) electrons. The summed E-state index contributed by atoms with van der Waals surface area (Å²) >= 11 is 0. The zero-order valence-corrected chi connectivity index (χ0v) is 9.57. The van der Waals surface area contributed by atoms with Crippen LogP contribution < -0.4 is 0 Å². The average Bonchev–Trinajstić information content (AvgIpc) is 2.17. The van der Waals surface area contributed by atoms with E-state index in [1.54, 1.807) is 0 Å². The topological polar surface area (TPSA) is 87.5 Å². The van der Waals surface area contributed by atoms with E-state index < -0.39 is 10.1 Å². The summed E-state index contributed by atoms with van der Waals surface area (Å²) in [6.07, 6.45) is 1.43. The predicted octanol–water partition coefficient (Wildman–Crippen LogP) is 1.18. The Balaban J connectivity index is 0.00000128. The summed E-state index contributed by atoms with van der Waals surface area (Å²) in [6.45, 7) is 0. The number of rotatable bonds is 1. The summed E-state index contributed by atoms with van der Waals surface area (Å²) in [4.78, 5) is 3.57. The molecule has 1 aromatic carbocycles. The number of hydrogen-bond donors (Lipinski definition) is 2. The quantitative estimate of drug-likeness (QED) is 0.606. The molecule has 0 aliphatic carbocycles. The van der Waals surface area contributed by atoms with Crippen LogP contribution in [-0.4, -0.2) is 23.1 Å². The summed E-state index contributed by atoms with van der Waals surface area (Å²) in [7, 11) is -4.30. The van der Waals surface area contributed by atoms with Crippen LogP contribution in [0.3, 0.4) is 0 Å². The minimum Gasteiger partial charge on any atom is -0.506 e. The van der Waals surface area contributed by atoms with Crippen molar-refractivity contribution in [1.82, 2.24) is 4.98 Å². The summed E-state index contributed by atoms with van der Waals surface area (Å²) in [5, 5.41) is 9.62. The first-order chi connectivity index (χ1) is 7.00. The molecular formula is C9H7NNiO4S. The fraction of sp³-hybridized carbons (Fsp3) is 0. The molecule has 0 atom stereocenters. The van der Waals surface area contributed by atoms with E-state index in [1.807, 2.05) is 0 Å². The number of phenols is 1. The largest absolute Gasteiger partial charge is 0.506 e. The van der Waals surface area contributed by atoms with Crippen LogP contribution in [0.25, 0.3) is 10.9 Å². The average molecular weight is 284 g/mol.